The van der Waals surface area contributed by atoms with Crippen molar-refractivity contribution >= 4 is 17.4 Å². The lowest BCUT2D eigenvalue weighted by molar-refractivity contribution is 0.815. The first-order chi connectivity index (χ1) is 9.50. The van der Waals surface area contributed by atoms with E-state index in [0.717, 1.165) is 11.4 Å². The maximum Gasteiger partial charge on any atom is 0.138 e. The molecule has 106 valence electrons. The van der Waals surface area contributed by atoms with E-state index in [0.29, 0.717) is 5.15 Å². The van der Waals surface area contributed by atoms with E-state index in [-0.39, 0.29) is 12.0 Å². The molecule has 1 aromatic heterocycles. The summed E-state index contributed by atoms with van der Waals surface area (Å²) in [5.41, 5.74) is 3.49. The Morgan fingerprint density at radius 2 is 1.80 bits per heavy atom. The Morgan fingerprint density at radius 1 is 1.10 bits per heavy atom. The van der Waals surface area contributed by atoms with Crippen molar-refractivity contribution in [1.82, 2.24) is 9.97 Å². The van der Waals surface area contributed by atoms with E-state index in [1.807, 2.05) is 6.07 Å². The largest absolute Gasteiger partial charge is 0.363 e. The number of nitrogens with one attached hydrogen (secondary N) is 1. The van der Waals surface area contributed by atoms with Gasteiger partial charge in [-0.1, -0.05) is 49.7 Å². The number of aryl methyl sites for hydroxylation is 1. The Balaban J connectivity index is 2.31. The predicted molar refractivity (Wildman–Crippen MR) is 84.3 cm³/mol. The minimum Gasteiger partial charge on any atom is -0.363 e. The van der Waals surface area contributed by atoms with Gasteiger partial charge < -0.3 is 5.32 Å². The van der Waals surface area contributed by atoms with Crippen LogP contribution in [0.1, 0.15) is 49.4 Å². The number of hydrogen-bond donors (Lipinski definition) is 1. The molecule has 0 aliphatic heterocycles. The van der Waals surface area contributed by atoms with E-state index in [9.17, 15) is 0 Å². The van der Waals surface area contributed by atoms with Crippen molar-refractivity contribution in [1.29, 1.82) is 0 Å². The summed E-state index contributed by atoms with van der Waals surface area (Å²) >= 11 is 6.19. The van der Waals surface area contributed by atoms with E-state index in [1.54, 1.807) is 0 Å². The summed E-state index contributed by atoms with van der Waals surface area (Å²) in [5, 5.41) is 3.98. The molecule has 0 aliphatic carbocycles. The van der Waals surface area contributed by atoms with Gasteiger partial charge in [0.1, 0.15) is 17.3 Å². The highest BCUT2D eigenvalue weighted by molar-refractivity contribution is 6.30. The van der Waals surface area contributed by atoms with Gasteiger partial charge in [0, 0.05) is 5.56 Å². The van der Waals surface area contributed by atoms with Crippen LogP contribution in [-0.2, 0) is 0 Å². The van der Waals surface area contributed by atoms with Crippen molar-refractivity contribution in [3.8, 4) is 0 Å². The fourth-order valence-corrected chi connectivity index (χ4v) is 2.71. The van der Waals surface area contributed by atoms with E-state index in [2.05, 4.69) is 61.2 Å². The van der Waals surface area contributed by atoms with Gasteiger partial charge in [-0.2, -0.15) is 0 Å². The van der Waals surface area contributed by atoms with Crippen molar-refractivity contribution in [3.63, 3.8) is 0 Å². The molecule has 1 atom stereocenters. The number of anilines is 1. The molecule has 1 aromatic carbocycles. The third-order valence-electron chi connectivity index (χ3n) is 3.42. The van der Waals surface area contributed by atoms with Crippen LogP contribution in [0.5, 0.6) is 0 Å². The van der Waals surface area contributed by atoms with E-state index < -0.39 is 0 Å². The highest BCUT2D eigenvalue weighted by Gasteiger charge is 2.16. The maximum absolute atomic E-state index is 6.19. The lowest BCUT2D eigenvalue weighted by atomic mass is 10.0. The lowest BCUT2D eigenvalue weighted by Crippen LogP contribution is -2.12. The zero-order valence-electron chi connectivity index (χ0n) is 12.3. The van der Waals surface area contributed by atoms with E-state index >= 15 is 0 Å². The van der Waals surface area contributed by atoms with Gasteiger partial charge in [0.2, 0.25) is 0 Å². The summed E-state index contributed by atoms with van der Waals surface area (Å²) in [5.74, 6) is 1.09. The van der Waals surface area contributed by atoms with Crippen LogP contribution in [0.3, 0.4) is 0 Å². The minimum absolute atomic E-state index is 0.166. The van der Waals surface area contributed by atoms with Gasteiger partial charge in [0.05, 0.1) is 6.04 Å². The summed E-state index contributed by atoms with van der Waals surface area (Å²) in [6, 6.07) is 8.51. The van der Waals surface area contributed by atoms with Gasteiger partial charge in [0.15, 0.2) is 0 Å². The molecular weight excluding hydrogens is 270 g/mol. The predicted octanol–water partition coefficient (Wildman–Crippen LogP) is 4.73. The lowest BCUT2D eigenvalue weighted by Gasteiger charge is -2.20. The second-order valence-electron chi connectivity index (χ2n) is 5.30. The standard InChI is InChI=1S/C16H20ClN3/c1-10(2)14-15(17)18-9-19-16(14)20-12(4)13-8-6-5-7-11(13)3/h5-10,12H,1-4H3,(H,18,19,20). The molecule has 0 aliphatic rings. The Bertz CT molecular complexity index is 596. The molecular formula is C16H20ClN3. The maximum atomic E-state index is 6.19. The third-order valence-corrected chi connectivity index (χ3v) is 3.72. The summed E-state index contributed by atoms with van der Waals surface area (Å²) in [6.45, 7) is 8.43. The van der Waals surface area contributed by atoms with Gasteiger partial charge >= 0.3 is 0 Å². The summed E-state index contributed by atoms with van der Waals surface area (Å²) in [6.07, 6.45) is 1.50. The van der Waals surface area contributed by atoms with Crippen LogP contribution >= 0.6 is 11.6 Å². The van der Waals surface area contributed by atoms with E-state index in [1.165, 1.54) is 17.5 Å². The smallest absolute Gasteiger partial charge is 0.138 e. The zero-order chi connectivity index (χ0) is 14.7. The molecule has 2 aromatic rings. The zero-order valence-corrected chi connectivity index (χ0v) is 13.1. The molecule has 0 bridgehead atoms. The van der Waals surface area contributed by atoms with Crippen LogP contribution in [0.4, 0.5) is 5.82 Å². The number of halogens is 1. The molecule has 0 radical (unpaired) electrons. The van der Waals surface area contributed by atoms with Crippen LogP contribution in [0, 0.1) is 6.92 Å². The molecule has 2 rings (SSSR count). The molecule has 1 N–H and O–H groups in total. The van der Waals surface area contributed by atoms with Gasteiger partial charge in [-0.05, 0) is 30.9 Å². The molecule has 0 fully saturated rings. The first-order valence-electron chi connectivity index (χ1n) is 6.83. The molecule has 1 heterocycles. The summed E-state index contributed by atoms with van der Waals surface area (Å²) < 4.78 is 0. The molecule has 20 heavy (non-hydrogen) atoms. The van der Waals surface area contributed by atoms with Crippen molar-refractivity contribution in [2.45, 2.75) is 39.7 Å². The fourth-order valence-electron chi connectivity index (χ4n) is 2.36. The topological polar surface area (TPSA) is 37.8 Å². The first kappa shape index (κ1) is 14.8. The molecule has 4 heteroatoms. The number of rotatable bonds is 4. The summed E-state index contributed by atoms with van der Waals surface area (Å²) in [7, 11) is 0. The Morgan fingerprint density at radius 3 is 2.45 bits per heavy atom. The van der Waals surface area contributed by atoms with Crippen molar-refractivity contribution in [2.75, 3.05) is 5.32 Å². The third kappa shape index (κ3) is 3.10. The van der Waals surface area contributed by atoms with Crippen molar-refractivity contribution < 1.29 is 0 Å². The van der Waals surface area contributed by atoms with Gasteiger partial charge in [-0.25, -0.2) is 9.97 Å². The van der Waals surface area contributed by atoms with Crippen LogP contribution < -0.4 is 5.32 Å². The normalized spacial score (nSPS) is 12.5. The SMILES string of the molecule is Cc1ccccc1C(C)Nc1ncnc(Cl)c1C(C)C. The molecule has 1 unspecified atom stereocenters. The van der Waals surface area contributed by atoms with Crippen LogP contribution in [-0.4, -0.2) is 9.97 Å². The van der Waals surface area contributed by atoms with Crippen molar-refractivity contribution in [2.24, 2.45) is 0 Å². The molecule has 0 amide bonds. The van der Waals surface area contributed by atoms with Gasteiger partial charge in [0.25, 0.3) is 0 Å². The molecule has 3 nitrogen and oxygen atoms in total. The van der Waals surface area contributed by atoms with Crippen molar-refractivity contribution in [3.05, 3.63) is 52.4 Å². The van der Waals surface area contributed by atoms with Crippen LogP contribution in [0.25, 0.3) is 0 Å². The minimum atomic E-state index is 0.166. The van der Waals surface area contributed by atoms with Crippen LogP contribution in [0.15, 0.2) is 30.6 Å². The Labute approximate surface area is 125 Å². The molecule has 0 saturated heterocycles. The van der Waals surface area contributed by atoms with Gasteiger partial charge in [-0.3, -0.25) is 0 Å². The monoisotopic (exact) mass is 289 g/mol. The number of benzene rings is 1. The highest BCUT2D eigenvalue weighted by atomic mass is 35.5. The van der Waals surface area contributed by atoms with Crippen LogP contribution in [0.2, 0.25) is 5.15 Å². The first-order valence-corrected chi connectivity index (χ1v) is 7.21. The average molecular weight is 290 g/mol. The van der Waals surface area contributed by atoms with E-state index in [4.69, 9.17) is 11.6 Å². The number of aromatic nitrogens is 2. The Hall–Kier alpha value is -1.61. The second-order valence-corrected chi connectivity index (χ2v) is 5.66. The fraction of sp³-hybridized carbons (Fsp3) is 0.375. The number of hydrogen-bond acceptors (Lipinski definition) is 3. The molecule has 0 spiro atoms. The quantitative estimate of drug-likeness (QED) is 0.827. The number of nitrogens with zero attached hydrogens (tertiary/aromatic N) is 2. The molecule has 0 saturated carbocycles. The highest BCUT2D eigenvalue weighted by Crippen LogP contribution is 2.30. The average Bonchev–Trinajstić information content (AvgIpc) is 2.38. The summed E-state index contributed by atoms with van der Waals surface area (Å²) in [4.78, 5) is 8.42. The Kier molecular flexibility index (Phi) is 4.61. The second kappa shape index (κ2) is 6.23. The van der Waals surface area contributed by atoms with Gasteiger partial charge in [-0.15, -0.1) is 0 Å².